The summed E-state index contributed by atoms with van der Waals surface area (Å²) in [5.74, 6) is -1.28. The lowest BCUT2D eigenvalue weighted by molar-refractivity contribution is -0.228. The molecule has 0 saturated carbocycles. The molecule has 108 valence electrons. The second-order valence-electron chi connectivity index (χ2n) is 4.01. The number of benzene rings is 1. The van der Waals surface area contributed by atoms with E-state index in [1.807, 2.05) is 0 Å². The van der Waals surface area contributed by atoms with Gasteiger partial charge in [0.15, 0.2) is 0 Å². The van der Waals surface area contributed by atoms with Crippen molar-refractivity contribution in [1.29, 1.82) is 0 Å². The zero-order chi connectivity index (χ0) is 15.2. The average molecular weight is 288 g/mol. The molecule has 4 N–H and O–H groups in total. The van der Waals surface area contributed by atoms with E-state index in [4.69, 9.17) is 15.9 Å². The molecule has 0 radical (unpaired) electrons. The van der Waals surface area contributed by atoms with E-state index in [2.05, 4.69) is 9.78 Å². The van der Waals surface area contributed by atoms with E-state index in [9.17, 15) is 9.59 Å². The Morgan fingerprint density at radius 3 is 2.43 bits per heavy atom. The number of hydrogen-bond donors (Lipinski definition) is 2. The van der Waals surface area contributed by atoms with E-state index in [0.717, 1.165) is 6.08 Å². The molecule has 0 aliphatic rings. The molecule has 7 heteroatoms. The van der Waals surface area contributed by atoms with E-state index < -0.39 is 11.9 Å². The van der Waals surface area contributed by atoms with E-state index in [-0.39, 0.29) is 5.56 Å². The molecule has 0 atom stereocenters. The van der Waals surface area contributed by atoms with E-state index in [0.29, 0.717) is 17.1 Å². The molecule has 21 heavy (non-hydrogen) atoms. The van der Waals surface area contributed by atoms with Crippen LogP contribution in [-0.4, -0.2) is 11.9 Å². The Bertz CT molecular complexity index is 656. The van der Waals surface area contributed by atoms with Gasteiger partial charge in [-0.25, -0.2) is 19.4 Å². The van der Waals surface area contributed by atoms with Crippen LogP contribution in [0.25, 0.3) is 6.08 Å². The summed E-state index contributed by atoms with van der Waals surface area (Å²) in [5, 5.41) is 0. The summed E-state index contributed by atoms with van der Waals surface area (Å²) >= 11 is 0. The first-order valence-electron chi connectivity index (χ1n) is 5.85. The Morgan fingerprint density at radius 2 is 1.81 bits per heavy atom. The summed E-state index contributed by atoms with van der Waals surface area (Å²) in [6.45, 7) is 0. The van der Waals surface area contributed by atoms with Crippen molar-refractivity contribution in [2.24, 2.45) is 0 Å². The fourth-order valence-electron chi connectivity index (χ4n) is 1.49. The Labute approximate surface area is 119 Å². The summed E-state index contributed by atoms with van der Waals surface area (Å²) in [7, 11) is 0. The lowest BCUT2D eigenvalue weighted by Gasteiger charge is -2.03. The number of rotatable bonds is 3. The maximum atomic E-state index is 11.6. The minimum Gasteiger partial charge on any atom is -0.465 e. The van der Waals surface area contributed by atoms with E-state index in [1.165, 1.54) is 30.5 Å². The molecule has 7 nitrogen and oxygen atoms in total. The molecule has 0 fully saturated rings. The van der Waals surface area contributed by atoms with Crippen LogP contribution in [0.2, 0.25) is 0 Å². The first-order valence-corrected chi connectivity index (χ1v) is 5.85. The van der Waals surface area contributed by atoms with Crippen molar-refractivity contribution in [1.82, 2.24) is 0 Å². The first-order chi connectivity index (χ1) is 10.0. The molecule has 2 rings (SSSR count). The Kier molecular flexibility index (Phi) is 4.25. The molecule has 1 aromatic carbocycles. The van der Waals surface area contributed by atoms with Crippen LogP contribution >= 0.6 is 0 Å². The van der Waals surface area contributed by atoms with Gasteiger partial charge in [0.25, 0.3) is 0 Å². The third-order valence-electron chi connectivity index (χ3n) is 2.34. The molecule has 0 saturated heterocycles. The highest BCUT2D eigenvalue weighted by Gasteiger charge is 2.12. The van der Waals surface area contributed by atoms with Crippen LogP contribution in [0.5, 0.6) is 0 Å². The smallest absolute Gasteiger partial charge is 0.386 e. The zero-order valence-electron chi connectivity index (χ0n) is 10.8. The van der Waals surface area contributed by atoms with Gasteiger partial charge in [0.1, 0.15) is 5.76 Å². The summed E-state index contributed by atoms with van der Waals surface area (Å²) in [5.41, 5.74) is 11.7. The van der Waals surface area contributed by atoms with Gasteiger partial charge in [-0.3, -0.25) is 0 Å². The van der Waals surface area contributed by atoms with Gasteiger partial charge in [0.05, 0.1) is 11.8 Å². The quantitative estimate of drug-likeness (QED) is 0.382. The molecule has 0 unspecified atom stereocenters. The Balaban J connectivity index is 1.90. The highest BCUT2D eigenvalue weighted by atomic mass is 17.2. The minimum absolute atomic E-state index is 0.0790. The Hall–Kier alpha value is -3.22. The minimum atomic E-state index is -0.881. The van der Waals surface area contributed by atoms with Gasteiger partial charge in [0, 0.05) is 17.5 Å². The van der Waals surface area contributed by atoms with Crippen LogP contribution in [-0.2, 0) is 14.6 Å². The number of carbonyl (C=O) groups excluding carboxylic acids is 2. The molecular formula is C14H12N2O5. The Morgan fingerprint density at radius 1 is 1.10 bits per heavy atom. The topological polar surface area (TPSA) is 118 Å². The number of hydrogen-bond acceptors (Lipinski definition) is 7. The average Bonchev–Trinajstić information content (AvgIpc) is 2.94. The largest absolute Gasteiger partial charge is 0.465 e. The summed E-state index contributed by atoms with van der Waals surface area (Å²) in [4.78, 5) is 31.7. The SMILES string of the molecule is Nc1cc(N)cc(C(=O)OOC(=O)C=Cc2ccco2)c1. The fraction of sp³-hybridized carbons (Fsp3) is 0. The van der Waals surface area contributed by atoms with Crippen LogP contribution in [0.3, 0.4) is 0 Å². The number of carbonyl (C=O) groups is 2. The molecule has 0 aliphatic carbocycles. The monoisotopic (exact) mass is 288 g/mol. The lowest BCUT2D eigenvalue weighted by Crippen LogP contribution is -2.10. The van der Waals surface area contributed by atoms with Crippen molar-refractivity contribution in [2.75, 3.05) is 11.5 Å². The second-order valence-corrected chi connectivity index (χ2v) is 4.01. The molecular weight excluding hydrogens is 276 g/mol. The second kappa shape index (κ2) is 6.29. The number of anilines is 2. The van der Waals surface area contributed by atoms with Crippen LogP contribution in [0.15, 0.2) is 47.1 Å². The number of nitrogens with two attached hydrogens (primary N) is 2. The zero-order valence-corrected chi connectivity index (χ0v) is 10.8. The summed E-state index contributed by atoms with van der Waals surface area (Å²) in [6.07, 6.45) is 3.88. The molecule has 1 heterocycles. The first kappa shape index (κ1) is 14.2. The van der Waals surface area contributed by atoms with Crippen LogP contribution in [0.1, 0.15) is 16.1 Å². The van der Waals surface area contributed by atoms with Gasteiger partial charge in [-0.15, -0.1) is 0 Å². The van der Waals surface area contributed by atoms with Crippen LogP contribution in [0, 0.1) is 0 Å². The highest BCUT2D eigenvalue weighted by Crippen LogP contribution is 2.14. The fourth-order valence-corrected chi connectivity index (χ4v) is 1.49. The predicted octanol–water partition coefficient (Wildman–Crippen LogP) is 1.77. The summed E-state index contributed by atoms with van der Waals surface area (Å²) in [6, 6.07) is 7.49. The normalized spacial score (nSPS) is 10.5. The van der Waals surface area contributed by atoms with Crippen LogP contribution < -0.4 is 11.5 Å². The lowest BCUT2D eigenvalue weighted by atomic mass is 10.2. The van der Waals surface area contributed by atoms with Crippen molar-refractivity contribution < 1.29 is 23.8 Å². The molecule has 0 amide bonds. The van der Waals surface area contributed by atoms with Crippen molar-refractivity contribution in [3.8, 4) is 0 Å². The van der Waals surface area contributed by atoms with Gasteiger partial charge >= 0.3 is 11.9 Å². The maximum absolute atomic E-state index is 11.6. The molecule has 1 aromatic heterocycles. The van der Waals surface area contributed by atoms with Crippen LogP contribution in [0.4, 0.5) is 11.4 Å². The number of nitrogen functional groups attached to an aromatic ring is 2. The van der Waals surface area contributed by atoms with Gasteiger partial charge in [-0.1, -0.05) is 0 Å². The number of furan rings is 1. The third kappa shape index (κ3) is 4.13. The van der Waals surface area contributed by atoms with Gasteiger partial charge < -0.3 is 15.9 Å². The highest BCUT2D eigenvalue weighted by molar-refractivity contribution is 5.92. The van der Waals surface area contributed by atoms with Crippen molar-refractivity contribution in [3.63, 3.8) is 0 Å². The maximum Gasteiger partial charge on any atom is 0.386 e. The van der Waals surface area contributed by atoms with Gasteiger partial charge in [-0.05, 0) is 36.4 Å². The van der Waals surface area contributed by atoms with E-state index >= 15 is 0 Å². The molecule has 0 bridgehead atoms. The molecule has 0 spiro atoms. The van der Waals surface area contributed by atoms with Crippen molar-refractivity contribution in [3.05, 3.63) is 54.0 Å². The van der Waals surface area contributed by atoms with Gasteiger partial charge in [-0.2, -0.15) is 0 Å². The van der Waals surface area contributed by atoms with Crippen molar-refractivity contribution >= 4 is 29.4 Å². The molecule has 0 aliphatic heterocycles. The summed E-state index contributed by atoms with van der Waals surface area (Å²) < 4.78 is 4.98. The van der Waals surface area contributed by atoms with Crippen molar-refractivity contribution in [2.45, 2.75) is 0 Å². The predicted molar refractivity (Wildman–Crippen MR) is 74.5 cm³/mol. The van der Waals surface area contributed by atoms with Gasteiger partial charge in [0.2, 0.25) is 0 Å². The molecule has 2 aromatic rings. The third-order valence-corrected chi connectivity index (χ3v) is 2.34. The standard InChI is InChI=1S/C14H12N2O5/c15-10-6-9(7-11(16)8-10)14(18)21-20-13(17)4-3-12-2-1-5-19-12/h1-8H,15-16H2. The van der Waals surface area contributed by atoms with E-state index in [1.54, 1.807) is 12.1 Å².